The summed E-state index contributed by atoms with van der Waals surface area (Å²) in [5.41, 5.74) is -0.136. The number of hydrogen-bond donors (Lipinski definition) is 4. The van der Waals surface area contributed by atoms with Gasteiger partial charge in [-0.1, -0.05) is 27.7 Å². The van der Waals surface area contributed by atoms with E-state index < -0.39 is 0 Å². The average Bonchev–Trinajstić information content (AvgIpc) is 2.28. The fourth-order valence-corrected chi connectivity index (χ4v) is 1.45. The third-order valence-electron chi connectivity index (χ3n) is 3.03. The first kappa shape index (κ1) is 17.6. The Balaban J connectivity index is 3.67. The summed E-state index contributed by atoms with van der Waals surface area (Å²) in [6.07, 6.45) is 1.74. The molecule has 0 atom stereocenters. The van der Waals surface area contributed by atoms with E-state index in [0.29, 0.717) is 5.11 Å². The van der Waals surface area contributed by atoms with Crippen LogP contribution in [0.5, 0.6) is 0 Å². The summed E-state index contributed by atoms with van der Waals surface area (Å²) in [7, 11) is 0. The molecule has 0 aromatic rings. The van der Waals surface area contributed by atoms with Crippen LogP contribution in [-0.2, 0) is 0 Å². The lowest BCUT2D eigenvalue weighted by molar-refractivity contribution is 0.150. The Morgan fingerprint density at radius 1 is 0.889 bits per heavy atom. The number of aliphatic hydroxyl groups excluding tert-OH is 2. The number of aliphatic hydroxyl groups is 2. The number of thiocarbonyl (C=S) groups is 1. The van der Waals surface area contributed by atoms with Crippen LogP contribution in [0.2, 0.25) is 0 Å². The van der Waals surface area contributed by atoms with Crippen LogP contribution < -0.4 is 10.6 Å². The molecule has 0 aliphatic carbocycles. The molecule has 5 heteroatoms. The molecular formula is C13H28N2O2S. The second-order valence-corrected chi connectivity index (χ2v) is 6.74. The molecule has 0 heterocycles. The van der Waals surface area contributed by atoms with Crippen LogP contribution in [0.1, 0.15) is 40.5 Å². The summed E-state index contributed by atoms with van der Waals surface area (Å²) in [5, 5.41) is 25.1. The minimum atomic E-state index is -0.0680. The molecule has 0 aliphatic heterocycles. The molecule has 18 heavy (non-hydrogen) atoms. The lowest BCUT2D eigenvalue weighted by Gasteiger charge is -2.23. The van der Waals surface area contributed by atoms with Gasteiger partial charge in [0.2, 0.25) is 0 Å². The van der Waals surface area contributed by atoms with Gasteiger partial charge in [0.05, 0.1) is 0 Å². The minimum absolute atomic E-state index is 0.0680. The van der Waals surface area contributed by atoms with Crippen molar-refractivity contribution in [2.45, 2.75) is 40.5 Å². The van der Waals surface area contributed by atoms with Gasteiger partial charge in [-0.3, -0.25) is 0 Å². The number of rotatable bonds is 8. The van der Waals surface area contributed by atoms with Gasteiger partial charge in [0, 0.05) is 26.3 Å². The normalized spacial score (nSPS) is 12.3. The van der Waals surface area contributed by atoms with Gasteiger partial charge in [0.15, 0.2) is 5.11 Å². The Hall–Kier alpha value is -0.390. The standard InChI is InChI=1S/C13H28N2O2S/c1-12(2,9-16)5-7-14-11(18)15-8-6-13(3,4)10-17/h16-17H,5-10H2,1-4H3,(H2,14,15,18). The van der Waals surface area contributed by atoms with E-state index in [2.05, 4.69) is 10.6 Å². The average molecular weight is 276 g/mol. The van der Waals surface area contributed by atoms with E-state index in [9.17, 15) is 0 Å². The maximum atomic E-state index is 9.12. The van der Waals surface area contributed by atoms with Crippen molar-refractivity contribution in [1.82, 2.24) is 10.6 Å². The fraction of sp³-hybridized carbons (Fsp3) is 0.923. The zero-order chi connectivity index (χ0) is 14.2. The molecule has 0 bridgehead atoms. The first-order chi connectivity index (χ1) is 8.22. The largest absolute Gasteiger partial charge is 0.396 e. The minimum Gasteiger partial charge on any atom is -0.396 e. The monoisotopic (exact) mass is 276 g/mol. The van der Waals surface area contributed by atoms with Gasteiger partial charge >= 0.3 is 0 Å². The highest BCUT2D eigenvalue weighted by atomic mass is 32.1. The third-order valence-corrected chi connectivity index (χ3v) is 3.32. The molecule has 0 saturated carbocycles. The Labute approximate surface area is 116 Å². The molecule has 0 saturated heterocycles. The molecule has 0 aliphatic rings. The lowest BCUT2D eigenvalue weighted by Crippen LogP contribution is -2.39. The van der Waals surface area contributed by atoms with Crippen LogP contribution in [0.15, 0.2) is 0 Å². The second-order valence-electron chi connectivity index (χ2n) is 6.33. The summed E-state index contributed by atoms with van der Waals surface area (Å²) in [6.45, 7) is 9.96. The van der Waals surface area contributed by atoms with Crippen LogP contribution in [-0.4, -0.2) is 41.6 Å². The van der Waals surface area contributed by atoms with Crippen molar-refractivity contribution >= 4 is 17.3 Å². The molecule has 0 spiro atoms. The van der Waals surface area contributed by atoms with Crippen molar-refractivity contribution in [2.24, 2.45) is 10.8 Å². The molecule has 0 unspecified atom stereocenters. The molecule has 4 N–H and O–H groups in total. The lowest BCUT2D eigenvalue weighted by atomic mass is 9.90. The van der Waals surface area contributed by atoms with Crippen LogP contribution in [0.3, 0.4) is 0 Å². The highest BCUT2D eigenvalue weighted by molar-refractivity contribution is 7.80. The first-order valence-corrected chi connectivity index (χ1v) is 6.87. The molecule has 0 fully saturated rings. The van der Waals surface area contributed by atoms with Gasteiger partial charge in [-0.25, -0.2) is 0 Å². The Morgan fingerprint density at radius 2 is 1.22 bits per heavy atom. The topological polar surface area (TPSA) is 64.5 Å². The van der Waals surface area contributed by atoms with Crippen molar-refractivity contribution < 1.29 is 10.2 Å². The molecule has 0 radical (unpaired) electrons. The quantitative estimate of drug-likeness (QED) is 0.503. The van der Waals surface area contributed by atoms with Gasteiger partial charge in [-0.15, -0.1) is 0 Å². The SMILES string of the molecule is CC(C)(CO)CCNC(=S)NCCC(C)(C)CO. The van der Waals surface area contributed by atoms with Gasteiger partial charge in [0.25, 0.3) is 0 Å². The van der Waals surface area contributed by atoms with Gasteiger partial charge in [-0.05, 0) is 35.9 Å². The number of hydrogen-bond acceptors (Lipinski definition) is 3. The van der Waals surface area contributed by atoms with E-state index in [1.54, 1.807) is 0 Å². The van der Waals surface area contributed by atoms with E-state index >= 15 is 0 Å². The molecule has 0 rings (SSSR count). The van der Waals surface area contributed by atoms with Crippen LogP contribution in [0.25, 0.3) is 0 Å². The predicted molar refractivity (Wildman–Crippen MR) is 79.6 cm³/mol. The van der Waals surface area contributed by atoms with Crippen molar-refractivity contribution in [3.8, 4) is 0 Å². The van der Waals surface area contributed by atoms with E-state index in [4.69, 9.17) is 22.4 Å². The Kier molecular flexibility index (Phi) is 7.75. The fourth-order valence-electron chi connectivity index (χ4n) is 1.25. The van der Waals surface area contributed by atoms with E-state index in [0.717, 1.165) is 25.9 Å². The summed E-state index contributed by atoms with van der Waals surface area (Å²) >= 11 is 5.16. The smallest absolute Gasteiger partial charge is 0.166 e. The van der Waals surface area contributed by atoms with E-state index in [1.165, 1.54) is 0 Å². The summed E-state index contributed by atoms with van der Waals surface area (Å²) in [6, 6.07) is 0. The summed E-state index contributed by atoms with van der Waals surface area (Å²) in [4.78, 5) is 0. The van der Waals surface area contributed by atoms with E-state index in [1.807, 2.05) is 27.7 Å². The third kappa shape index (κ3) is 8.66. The van der Waals surface area contributed by atoms with Crippen molar-refractivity contribution in [3.05, 3.63) is 0 Å². The molecule has 4 nitrogen and oxygen atoms in total. The van der Waals surface area contributed by atoms with Crippen molar-refractivity contribution in [3.63, 3.8) is 0 Å². The van der Waals surface area contributed by atoms with E-state index in [-0.39, 0.29) is 24.0 Å². The van der Waals surface area contributed by atoms with Crippen molar-refractivity contribution in [1.29, 1.82) is 0 Å². The van der Waals surface area contributed by atoms with Crippen molar-refractivity contribution in [2.75, 3.05) is 26.3 Å². The summed E-state index contributed by atoms with van der Waals surface area (Å²) in [5.74, 6) is 0. The Bertz CT molecular complexity index is 231. The molecule has 0 amide bonds. The zero-order valence-corrected chi connectivity index (χ0v) is 12.9. The molecule has 0 aromatic carbocycles. The number of nitrogens with one attached hydrogen (secondary N) is 2. The zero-order valence-electron chi connectivity index (χ0n) is 12.0. The molecule has 0 aromatic heterocycles. The molecule has 108 valence electrons. The van der Waals surface area contributed by atoms with Crippen LogP contribution in [0.4, 0.5) is 0 Å². The van der Waals surface area contributed by atoms with Gasteiger partial charge in [0.1, 0.15) is 0 Å². The maximum Gasteiger partial charge on any atom is 0.166 e. The first-order valence-electron chi connectivity index (χ1n) is 6.46. The Morgan fingerprint density at radius 3 is 1.50 bits per heavy atom. The summed E-state index contributed by atoms with van der Waals surface area (Å²) < 4.78 is 0. The molecular weight excluding hydrogens is 248 g/mol. The van der Waals surface area contributed by atoms with Crippen LogP contribution in [0, 0.1) is 10.8 Å². The van der Waals surface area contributed by atoms with Crippen LogP contribution >= 0.6 is 12.2 Å². The second kappa shape index (κ2) is 7.92. The van der Waals surface area contributed by atoms with Gasteiger partial charge < -0.3 is 20.8 Å². The highest BCUT2D eigenvalue weighted by Gasteiger charge is 2.17. The van der Waals surface area contributed by atoms with Gasteiger partial charge in [-0.2, -0.15) is 0 Å². The predicted octanol–water partition coefficient (Wildman–Crippen LogP) is 1.27. The highest BCUT2D eigenvalue weighted by Crippen LogP contribution is 2.18. The maximum absolute atomic E-state index is 9.12.